The minimum atomic E-state index is -4.80. The maximum Gasteiger partial charge on any atom is 0.417 e. The van der Waals surface area contributed by atoms with Gasteiger partial charge in [0.25, 0.3) is 11.8 Å². The van der Waals surface area contributed by atoms with E-state index in [4.69, 9.17) is 17.0 Å². The number of nitrogens with one attached hydrogen (secondary N) is 2. The van der Waals surface area contributed by atoms with E-state index in [9.17, 15) is 28.0 Å². The van der Waals surface area contributed by atoms with E-state index in [0.29, 0.717) is 54.3 Å². The van der Waals surface area contributed by atoms with Crippen LogP contribution in [0.5, 0.6) is 5.75 Å². The number of benzene rings is 2. The Kier molecular flexibility index (Phi) is 7.92. The first-order valence-corrected chi connectivity index (χ1v) is 15.6. The summed E-state index contributed by atoms with van der Waals surface area (Å²) in [5.41, 5.74) is 2.64. The summed E-state index contributed by atoms with van der Waals surface area (Å²) in [4.78, 5) is 35.0. The molecule has 1 spiro atoms. The number of fused-ring (bicyclic) bond motifs is 1. The number of anilines is 2. The summed E-state index contributed by atoms with van der Waals surface area (Å²) in [5.74, 6) is 0.485. The Labute approximate surface area is 269 Å². The van der Waals surface area contributed by atoms with Crippen LogP contribution in [0.15, 0.2) is 36.4 Å². The average molecular weight is 652 g/mol. The fourth-order valence-electron chi connectivity index (χ4n) is 6.74. The molecule has 2 aliphatic heterocycles. The van der Waals surface area contributed by atoms with E-state index in [0.717, 1.165) is 42.1 Å². The van der Waals surface area contributed by atoms with Gasteiger partial charge in [-0.25, -0.2) is 9.66 Å². The molecule has 0 radical (unpaired) electrons. The summed E-state index contributed by atoms with van der Waals surface area (Å²) in [6.07, 6.45) is -1.71. The van der Waals surface area contributed by atoms with E-state index in [-0.39, 0.29) is 16.7 Å². The molecular formula is C32H32F3N7O3S. The van der Waals surface area contributed by atoms with Crippen LogP contribution in [0.4, 0.5) is 24.5 Å². The number of hydrogen-bond acceptors (Lipinski definition) is 7. The second kappa shape index (κ2) is 11.6. The van der Waals surface area contributed by atoms with Crippen LogP contribution in [0.25, 0.3) is 0 Å². The molecule has 1 saturated heterocycles. The molecule has 1 atom stereocenters. The molecule has 6 rings (SSSR count). The second-order valence-corrected chi connectivity index (χ2v) is 11.9. The molecule has 3 aromatic rings. The molecule has 2 amide bonds. The number of amides is 2. The lowest BCUT2D eigenvalue weighted by Crippen LogP contribution is -2.48. The number of halogens is 3. The third kappa shape index (κ3) is 4.93. The minimum absolute atomic E-state index is 0.0261. The van der Waals surface area contributed by atoms with E-state index in [2.05, 4.69) is 15.7 Å². The van der Waals surface area contributed by atoms with Crippen LogP contribution in [0.2, 0.25) is 0 Å². The number of carbonyl (C=O) groups excluding carboxylic acids is 2. The molecule has 46 heavy (non-hydrogen) atoms. The normalized spacial score (nSPS) is 18.9. The summed E-state index contributed by atoms with van der Waals surface area (Å²) in [7, 11) is 0. The highest BCUT2D eigenvalue weighted by atomic mass is 32.1. The summed E-state index contributed by atoms with van der Waals surface area (Å²) in [6, 6.07) is 10.1. The first-order chi connectivity index (χ1) is 21.9. The molecule has 1 unspecified atom stereocenters. The molecule has 3 aliphatic rings. The number of carbonyl (C=O) groups is 2. The SMILES string of the molecule is CCCc1nc(C)c2n1NC(c1cc(N3C(=S)N(c4ccc(C#N)c(C(F)(F)F)c4)C(=O)C34CCCC4)ccc1OCC)NC2=O. The summed E-state index contributed by atoms with van der Waals surface area (Å²) in [6.45, 7) is 6.00. The monoisotopic (exact) mass is 651 g/mol. The molecule has 2 N–H and O–H groups in total. The summed E-state index contributed by atoms with van der Waals surface area (Å²) in [5, 5.41) is 12.3. The van der Waals surface area contributed by atoms with Crippen LogP contribution in [0.3, 0.4) is 0 Å². The number of ether oxygens (including phenoxy) is 1. The number of alkyl halides is 3. The number of nitriles is 1. The first-order valence-electron chi connectivity index (χ1n) is 15.2. The van der Waals surface area contributed by atoms with Crippen LogP contribution < -0.4 is 25.3 Å². The number of thiocarbonyl (C=S) groups is 1. The Morgan fingerprint density at radius 2 is 1.85 bits per heavy atom. The van der Waals surface area contributed by atoms with Gasteiger partial charge in [-0.05, 0) is 81.7 Å². The highest BCUT2D eigenvalue weighted by Crippen LogP contribution is 2.47. The topological polar surface area (TPSA) is 116 Å². The van der Waals surface area contributed by atoms with Gasteiger partial charge in [-0.15, -0.1) is 0 Å². The Morgan fingerprint density at radius 1 is 1.13 bits per heavy atom. The summed E-state index contributed by atoms with van der Waals surface area (Å²) < 4.78 is 49.3. The largest absolute Gasteiger partial charge is 0.493 e. The fourth-order valence-corrected chi connectivity index (χ4v) is 7.21. The predicted molar refractivity (Wildman–Crippen MR) is 168 cm³/mol. The van der Waals surface area contributed by atoms with Crippen molar-refractivity contribution in [1.29, 1.82) is 5.26 Å². The van der Waals surface area contributed by atoms with Crippen LogP contribution in [-0.4, -0.2) is 38.7 Å². The van der Waals surface area contributed by atoms with Gasteiger partial charge in [0.15, 0.2) is 10.8 Å². The van der Waals surface area contributed by atoms with Gasteiger partial charge in [-0.1, -0.05) is 19.8 Å². The van der Waals surface area contributed by atoms with E-state index in [1.165, 1.54) is 6.07 Å². The van der Waals surface area contributed by atoms with Crippen molar-refractivity contribution in [1.82, 2.24) is 15.0 Å². The molecular weight excluding hydrogens is 619 g/mol. The van der Waals surface area contributed by atoms with Crippen molar-refractivity contribution in [2.45, 2.75) is 77.2 Å². The third-order valence-electron chi connectivity index (χ3n) is 8.74. The summed E-state index contributed by atoms with van der Waals surface area (Å²) >= 11 is 5.87. The van der Waals surface area contributed by atoms with E-state index < -0.39 is 34.9 Å². The standard InChI is InChI=1S/C32H32F3N7O3S/c1-4-8-25-37-18(3)26-28(43)38-27(39-42(25)26)22-15-21(11-12-24(22)45-5-2)41-30(46)40(29(44)31(41)13-6-7-14-31)20-10-9-19(17-36)23(16-20)32(33,34)35/h9-12,15-16,27,39H,4-8,13-14H2,1-3H3,(H,38,43). The highest BCUT2D eigenvalue weighted by Gasteiger charge is 2.57. The van der Waals surface area contributed by atoms with Crippen molar-refractivity contribution in [3.63, 3.8) is 0 Å². The van der Waals surface area contributed by atoms with E-state index >= 15 is 0 Å². The Morgan fingerprint density at radius 3 is 2.50 bits per heavy atom. The fraction of sp³-hybridized carbons (Fsp3) is 0.406. The molecule has 1 aromatic heterocycles. The van der Waals surface area contributed by atoms with Gasteiger partial charge < -0.3 is 15.0 Å². The van der Waals surface area contributed by atoms with Crippen molar-refractivity contribution >= 4 is 40.5 Å². The Balaban J connectivity index is 1.44. The van der Waals surface area contributed by atoms with Crippen LogP contribution in [0, 0.1) is 18.3 Å². The quantitative estimate of drug-likeness (QED) is 0.305. The average Bonchev–Trinajstić information content (AvgIpc) is 3.68. The minimum Gasteiger partial charge on any atom is -0.493 e. The maximum absolute atomic E-state index is 14.2. The lowest BCUT2D eigenvalue weighted by atomic mass is 9.94. The molecule has 1 saturated carbocycles. The number of hydrogen-bond donors (Lipinski definition) is 2. The van der Waals surface area contributed by atoms with Crippen LogP contribution >= 0.6 is 12.2 Å². The van der Waals surface area contributed by atoms with Crippen molar-refractivity contribution in [3.05, 3.63) is 70.3 Å². The van der Waals surface area contributed by atoms with Gasteiger partial charge in [-0.2, -0.15) is 18.4 Å². The van der Waals surface area contributed by atoms with E-state index in [1.807, 2.05) is 13.8 Å². The van der Waals surface area contributed by atoms with Crippen molar-refractivity contribution in [2.75, 3.05) is 21.8 Å². The van der Waals surface area contributed by atoms with Crippen LogP contribution in [0.1, 0.15) is 90.8 Å². The lowest BCUT2D eigenvalue weighted by Gasteiger charge is -2.34. The third-order valence-corrected chi connectivity index (χ3v) is 9.10. The highest BCUT2D eigenvalue weighted by molar-refractivity contribution is 7.81. The predicted octanol–water partition coefficient (Wildman–Crippen LogP) is 5.87. The Bertz CT molecular complexity index is 1790. The first kappa shape index (κ1) is 31.3. The van der Waals surface area contributed by atoms with Gasteiger partial charge >= 0.3 is 6.18 Å². The number of imidazole rings is 1. The van der Waals surface area contributed by atoms with Gasteiger partial charge in [0.2, 0.25) is 0 Å². The van der Waals surface area contributed by atoms with Crippen molar-refractivity contribution in [3.8, 4) is 11.8 Å². The lowest BCUT2D eigenvalue weighted by molar-refractivity contribution is -0.137. The number of aryl methyl sites for hydroxylation is 2. The number of nitrogens with zero attached hydrogens (tertiary/aromatic N) is 5. The zero-order valence-corrected chi connectivity index (χ0v) is 26.3. The number of aromatic nitrogens is 2. The molecule has 10 nitrogen and oxygen atoms in total. The van der Waals surface area contributed by atoms with Crippen molar-refractivity contribution in [2.24, 2.45) is 0 Å². The molecule has 2 fully saturated rings. The molecule has 14 heteroatoms. The van der Waals surface area contributed by atoms with E-state index in [1.54, 1.807) is 40.8 Å². The van der Waals surface area contributed by atoms with Gasteiger partial charge in [0.05, 0.1) is 35.2 Å². The molecule has 240 valence electrons. The molecule has 3 heterocycles. The Hall–Kier alpha value is -4.64. The van der Waals surface area contributed by atoms with Gasteiger partial charge in [-0.3, -0.25) is 19.9 Å². The second-order valence-electron chi connectivity index (χ2n) is 11.6. The van der Waals surface area contributed by atoms with Gasteiger partial charge in [0, 0.05) is 17.7 Å². The van der Waals surface area contributed by atoms with Gasteiger partial charge in [0.1, 0.15) is 23.3 Å². The molecule has 0 bridgehead atoms. The van der Waals surface area contributed by atoms with Crippen LogP contribution in [-0.2, 0) is 17.4 Å². The maximum atomic E-state index is 14.2. The zero-order chi connectivity index (χ0) is 33.0. The smallest absolute Gasteiger partial charge is 0.417 e. The number of rotatable bonds is 7. The zero-order valence-electron chi connectivity index (χ0n) is 25.5. The van der Waals surface area contributed by atoms with Crippen molar-refractivity contribution < 1.29 is 27.5 Å². The molecule has 2 aromatic carbocycles. The molecule has 1 aliphatic carbocycles.